The number of anilines is 2. The van der Waals surface area contributed by atoms with Gasteiger partial charge in [0.1, 0.15) is 5.75 Å². The molecule has 1 amide bonds. The van der Waals surface area contributed by atoms with E-state index in [2.05, 4.69) is 10.6 Å². The highest BCUT2D eigenvalue weighted by molar-refractivity contribution is 6.33. The van der Waals surface area contributed by atoms with Gasteiger partial charge in [0.15, 0.2) is 6.61 Å². The van der Waals surface area contributed by atoms with Crippen LogP contribution in [0.3, 0.4) is 0 Å². The number of benzene rings is 1. The van der Waals surface area contributed by atoms with Gasteiger partial charge in [-0.25, -0.2) is 0 Å². The second kappa shape index (κ2) is 4.55. The number of ether oxygens (including phenoxy) is 1. The van der Waals surface area contributed by atoms with Crippen molar-refractivity contribution >= 4 is 28.9 Å². The normalized spacial score (nSPS) is 21.2. The maximum absolute atomic E-state index is 11.3. The summed E-state index contributed by atoms with van der Waals surface area (Å²) in [4.78, 5) is 11.3. The quantitative estimate of drug-likeness (QED) is 0.895. The number of amides is 1. The molecule has 4 nitrogen and oxygen atoms in total. The van der Waals surface area contributed by atoms with E-state index in [0.29, 0.717) is 22.5 Å². The topological polar surface area (TPSA) is 50.4 Å². The van der Waals surface area contributed by atoms with E-state index >= 15 is 0 Å². The van der Waals surface area contributed by atoms with Gasteiger partial charge in [0.2, 0.25) is 0 Å². The molecule has 0 bridgehead atoms. The van der Waals surface area contributed by atoms with Crippen molar-refractivity contribution in [1.82, 2.24) is 0 Å². The standard InChI is InChI=1S/C15H17ClN2O2/c16-10-5-12-13(20-7-14(19)17-12)6-11(10)18-15(8-1-2-8)9-3-4-9/h5-6,8-9,15,18H,1-4,7H2,(H,17,19). The van der Waals surface area contributed by atoms with Crippen LogP contribution in [0.1, 0.15) is 25.7 Å². The smallest absolute Gasteiger partial charge is 0.262 e. The van der Waals surface area contributed by atoms with Crippen molar-refractivity contribution in [3.05, 3.63) is 17.2 Å². The summed E-state index contributed by atoms with van der Waals surface area (Å²) in [5, 5.41) is 7.02. The molecule has 1 heterocycles. The highest BCUT2D eigenvalue weighted by Gasteiger charge is 2.41. The molecule has 0 aromatic heterocycles. The van der Waals surface area contributed by atoms with E-state index in [4.69, 9.17) is 16.3 Å². The minimum Gasteiger partial charge on any atom is -0.482 e. The molecule has 4 rings (SSSR count). The van der Waals surface area contributed by atoms with Gasteiger partial charge in [-0.15, -0.1) is 0 Å². The summed E-state index contributed by atoms with van der Waals surface area (Å²) < 4.78 is 5.45. The lowest BCUT2D eigenvalue weighted by molar-refractivity contribution is -0.118. The summed E-state index contributed by atoms with van der Waals surface area (Å²) in [5.74, 6) is 2.16. The van der Waals surface area contributed by atoms with E-state index in [1.54, 1.807) is 6.07 Å². The molecule has 106 valence electrons. The Balaban J connectivity index is 1.59. The van der Waals surface area contributed by atoms with Crippen LogP contribution < -0.4 is 15.4 Å². The molecule has 2 aliphatic carbocycles. The molecule has 1 aliphatic heterocycles. The number of hydrogen-bond donors (Lipinski definition) is 2. The van der Waals surface area contributed by atoms with Gasteiger partial charge in [-0.05, 0) is 43.6 Å². The Kier molecular flexibility index (Phi) is 2.81. The van der Waals surface area contributed by atoms with Crippen LogP contribution in [0, 0.1) is 11.8 Å². The fraction of sp³-hybridized carbons (Fsp3) is 0.533. The zero-order valence-corrected chi connectivity index (χ0v) is 11.9. The zero-order chi connectivity index (χ0) is 13.7. The van der Waals surface area contributed by atoms with Crippen LogP contribution in [0.2, 0.25) is 5.02 Å². The SMILES string of the molecule is O=C1COc2cc(NC(C3CC3)C3CC3)c(Cl)cc2N1. The molecule has 0 unspecified atom stereocenters. The fourth-order valence-electron chi connectivity index (χ4n) is 2.92. The molecule has 3 aliphatic rings. The van der Waals surface area contributed by atoms with Gasteiger partial charge in [-0.3, -0.25) is 4.79 Å². The third kappa shape index (κ3) is 2.33. The van der Waals surface area contributed by atoms with E-state index < -0.39 is 0 Å². The summed E-state index contributed by atoms with van der Waals surface area (Å²) in [6.45, 7) is 0.0722. The van der Waals surface area contributed by atoms with E-state index in [1.807, 2.05) is 6.07 Å². The van der Waals surface area contributed by atoms with Crippen molar-refractivity contribution in [2.24, 2.45) is 11.8 Å². The molecule has 0 spiro atoms. The van der Waals surface area contributed by atoms with Gasteiger partial charge < -0.3 is 15.4 Å². The molecule has 0 atom stereocenters. The van der Waals surface area contributed by atoms with Crippen LogP contribution in [-0.4, -0.2) is 18.6 Å². The minimum absolute atomic E-state index is 0.0722. The van der Waals surface area contributed by atoms with Crippen molar-refractivity contribution in [3.8, 4) is 5.75 Å². The highest BCUT2D eigenvalue weighted by Crippen LogP contribution is 2.47. The van der Waals surface area contributed by atoms with Crippen LogP contribution in [0.25, 0.3) is 0 Å². The van der Waals surface area contributed by atoms with E-state index in [1.165, 1.54) is 25.7 Å². The van der Waals surface area contributed by atoms with E-state index in [0.717, 1.165) is 17.5 Å². The van der Waals surface area contributed by atoms with Crippen molar-refractivity contribution < 1.29 is 9.53 Å². The summed E-state index contributed by atoms with van der Waals surface area (Å²) >= 11 is 6.33. The summed E-state index contributed by atoms with van der Waals surface area (Å²) in [6, 6.07) is 4.23. The van der Waals surface area contributed by atoms with Gasteiger partial charge in [0.25, 0.3) is 5.91 Å². The predicted molar refractivity (Wildman–Crippen MR) is 78.4 cm³/mol. The molecule has 20 heavy (non-hydrogen) atoms. The predicted octanol–water partition coefficient (Wildman–Crippen LogP) is 3.27. The van der Waals surface area contributed by atoms with Crippen LogP contribution >= 0.6 is 11.6 Å². The highest BCUT2D eigenvalue weighted by atomic mass is 35.5. The number of halogens is 1. The number of carbonyl (C=O) groups is 1. The summed E-state index contributed by atoms with van der Waals surface area (Å²) in [6.07, 6.45) is 5.29. The van der Waals surface area contributed by atoms with Crippen molar-refractivity contribution in [2.45, 2.75) is 31.7 Å². The van der Waals surface area contributed by atoms with E-state index in [9.17, 15) is 4.79 Å². The first-order chi connectivity index (χ1) is 9.70. The molecule has 1 aromatic carbocycles. The van der Waals surface area contributed by atoms with Crippen molar-refractivity contribution in [2.75, 3.05) is 17.2 Å². The van der Waals surface area contributed by atoms with E-state index in [-0.39, 0.29) is 12.5 Å². The third-order valence-electron chi connectivity index (χ3n) is 4.28. The molecular weight excluding hydrogens is 276 g/mol. The fourth-order valence-corrected chi connectivity index (χ4v) is 3.14. The van der Waals surface area contributed by atoms with Crippen molar-refractivity contribution in [3.63, 3.8) is 0 Å². The third-order valence-corrected chi connectivity index (χ3v) is 4.60. The Labute approximate surface area is 122 Å². The number of fused-ring (bicyclic) bond motifs is 1. The second-order valence-electron chi connectivity index (χ2n) is 6.01. The summed E-state index contributed by atoms with van der Waals surface area (Å²) in [5.41, 5.74) is 1.58. The number of hydrogen-bond acceptors (Lipinski definition) is 3. The number of carbonyl (C=O) groups excluding carboxylic acids is 1. The summed E-state index contributed by atoms with van der Waals surface area (Å²) in [7, 11) is 0. The van der Waals surface area contributed by atoms with Gasteiger partial charge in [0, 0.05) is 12.1 Å². The maximum Gasteiger partial charge on any atom is 0.262 e. The molecule has 2 saturated carbocycles. The molecule has 2 fully saturated rings. The molecule has 2 N–H and O–H groups in total. The number of rotatable bonds is 4. The Morgan fingerprint density at radius 3 is 2.60 bits per heavy atom. The molecule has 5 heteroatoms. The average molecular weight is 293 g/mol. The monoisotopic (exact) mass is 292 g/mol. The molecule has 0 radical (unpaired) electrons. The average Bonchev–Trinajstić information content (AvgIpc) is 3.28. The molecular formula is C15H17ClN2O2. The van der Waals surface area contributed by atoms with Gasteiger partial charge in [-0.1, -0.05) is 11.6 Å². The first-order valence-electron chi connectivity index (χ1n) is 7.23. The maximum atomic E-state index is 11.3. The number of nitrogens with one attached hydrogen (secondary N) is 2. The lowest BCUT2D eigenvalue weighted by Gasteiger charge is -2.23. The largest absolute Gasteiger partial charge is 0.482 e. The van der Waals surface area contributed by atoms with Crippen LogP contribution in [0.5, 0.6) is 5.75 Å². The van der Waals surface area contributed by atoms with Gasteiger partial charge in [-0.2, -0.15) is 0 Å². The Morgan fingerprint density at radius 1 is 1.25 bits per heavy atom. The second-order valence-corrected chi connectivity index (χ2v) is 6.42. The first kappa shape index (κ1) is 12.3. The lowest BCUT2D eigenvalue weighted by Crippen LogP contribution is -2.27. The zero-order valence-electron chi connectivity index (χ0n) is 11.1. The lowest BCUT2D eigenvalue weighted by atomic mass is 10.1. The first-order valence-corrected chi connectivity index (χ1v) is 7.61. The van der Waals surface area contributed by atoms with Crippen molar-refractivity contribution in [1.29, 1.82) is 0 Å². The Bertz CT molecular complexity index is 555. The van der Waals surface area contributed by atoms with Gasteiger partial charge in [0.05, 0.1) is 16.4 Å². The van der Waals surface area contributed by atoms with Crippen LogP contribution in [0.4, 0.5) is 11.4 Å². The van der Waals surface area contributed by atoms with Crippen LogP contribution in [0.15, 0.2) is 12.1 Å². The minimum atomic E-state index is -0.136. The molecule has 1 aromatic rings. The Morgan fingerprint density at radius 2 is 1.95 bits per heavy atom. The van der Waals surface area contributed by atoms with Gasteiger partial charge >= 0.3 is 0 Å². The molecule has 0 saturated heterocycles. The Hall–Kier alpha value is -1.42. The van der Waals surface area contributed by atoms with Crippen LogP contribution in [-0.2, 0) is 4.79 Å².